The second-order valence-corrected chi connectivity index (χ2v) is 7.14. The van der Waals surface area contributed by atoms with Gasteiger partial charge in [-0.05, 0) is 32.6 Å². The number of aryl methyl sites for hydroxylation is 1. The highest BCUT2D eigenvalue weighted by atomic mass is 16.2. The van der Waals surface area contributed by atoms with E-state index in [0.717, 1.165) is 44.6 Å². The zero-order valence-electron chi connectivity index (χ0n) is 13.6. The molecule has 6 heteroatoms. The van der Waals surface area contributed by atoms with Crippen molar-refractivity contribution < 1.29 is 9.59 Å². The second-order valence-electron chi connectivity index (χ2n) is 7.14. The predicted molar refractivity (Wildman–Crippen MR) is 84.7 cm³/mol. The Hall–Kier alpha value is -1.85. The van der Waals surface area contributed by atoms with Gasteiger partial charge in [0.15, 0.2) is 0 Å². The first kappa shape index (κ1) is 14.7. The molecule has 1 aromatic rings. The third-order valence-electron chi connectivity index (χ3n) is 5.46. The van der Waals surface area contributed by atoms with Crippen LogP contribution in [0.5, 0.6) is 0 Å². The van der Waals surface area contributed by atoms with Crippen LogP contribution in [0.25, 0.3) is 0 Å². The molecule has 0 aromatic carbocycles. The van der Waals surface area contributed by atoms with Crippen molar-refractivity contribution in [3.05, 3.63) is 18.2 Å². The van der Waals surface area contributed by atoms with Crippen molar-refractivity contribution in [2.45, 2.75) is 51.1 Å². The number of piperidine rings is 1. The molecule has 4 rings (SSSR count). The number of carbonyl (C=O) groups excluding carboxylic acids is 2. The standard InChI is InChI=1S/C17H24N4O2/c1-12-18-6-8-20(12)15-3-2-7-19(11-15)17(23)13-9-16(22)21(10-13)14-4-5-14/h6,8,13-15H,2-5,7,9-11H2,1H3/t13-,15-/m0/s1. The maximum Gasteiger partial charge on any atom is 0.228 e. The largest absolute Gasteiger partial charge is 0.340 e. The van der Waals surface area contributed by atoms with Crippen LogP contribution in [0.15, 0.2) is 12.4 Å². The van der Waals surface area contributed by atoms with Crippen LogP contribution < -0.4 is 0 Å². The molecular formula is C17H24N4O2. The van der Waals surface area contributed by atoms with Gasteiger partial charge < -0.3 is 14.4 Å². The third-order valence-corrected chi connectivity index (χ3v) is 5.46. The SMILES string of the molecule is Cc1nccn1[C@H]1CCCN(C(=O)[C@H]2CC(=O)N(C3CC3)C2)C1. The Kier molecular flexibility index (Phi) is 3.62. The van der Waals surface area contributed by atoms with Gasteiger partial charge in [0.1, 0.15) is 5.82 Å². The number of amides is 2. The molecule has 23 heavy (non-hydrogen) atoms. The lowest BCUT2D eigenvalue weighted by Gasteiger charge is -2.35. The first-order valence-corrected chi connectivity index (χ1v) is 8.71. The van der Waals surface area contributed by atoms with Crippen molar-refractivity contribution in [3.8, 4) is 0 Å². The summed E-state index contributed by atoms with van der Waals surface area (Å²) in [6.45, 7) is 4.19. The average Bonchev–Trinajstić information content (AvgIpc) is 3.19. The fourth-order valence-electron chi connectivity index (χ4n) is 4.05. The van der Waals surface area contributed by atoms with Crippen LogP contribution >= 0.6 is 0 Å². The number of aromatic nitrogens is 2. The van der Waals surface area contributed by atoms with Gasteiger partial charge in [-0.3, -0.25) is 9.59 Å². The van der Waals surface area contributed by atoms with Gasteiger partial charge in [0.25, 0.3) is 0 Å². The molecule has 3 aliphatic rings. The van der Waals surface area contributed by atoms with Gasteiger partial charge in [-0.2, -0.15) is 0 Å². The molecule has 1 aliphatic carbocycles. The van der Waals surface area contributed by atoms with Crippen molar-refractivity contribution >= 4 is 11.8 Å². The zero-order valence-corrected chi connectivity index (χ0v) is 13.6. The highest BCUT2D eigenvalue weighted by Gasteiger charge is 2.43. The summed E-state index contributed by atoms with van der Waals surface area (Å²) in [5.41, 5.74) is 0. The van der Waals surface area contributed by atoms with E-state index in [1.165, 1.54) is 0 Å². The lowest BCUT2D eigenvalue weighted by molar-refractivity contribution is -0.137. The van der Waals surface area contributed by atoms with Gasteiger partial charge in [0.05, 0.1) is 12.0 Å². The van der Waals surface area contributed by atoms with Gasteiger partial charge >= 0.3 is 0 Å². The summed E-state index contributed by atoms with van der Waals surface area (Å²) in [6, 6.07) is 0.731. The van der Waals surface area contributed by atoms with E-state index >= 15 is 0 Å². The van der Waals surface area contributed by atoms with Crippen LogP contribution in [0.1, 0.15) is 44.0 Å². The van der Waals surface area contributed by atoms with Crippen LogP contribution in [0, 0.1) is 12.8 Å². The monoisotopic (exact) mass is 316 g/mol. The number of hydrogen-bond acceptors (Lipinski definition) is 3. The van der Waals surface area contributed by atoms with E-state index in [2.05, 4.69) is 9.55 Å². The molecule has 2 amide bonds. The summed E-state index contributed by atoms with van der Waals surface area (Å²) in [4.78, 5) is 33.2. The Balaban J connectivity index is 1.42. The molecule has 1 aromatic heterocycles. The van der Waals surface area contributed by atoms with Crippen LogP contribution in [0.2, 0.25) is 0 Å². The minimum atomic E-state index is -0.134. The smallest absolute Gasteiger partial charge is 0.228 e. The van der Waals surface area contributed by atoms with Crippen molar-refractivity contribution in [3.63, 3.8) is 0 Å². The van der Waals surface area contributed by atoms with E-state index in [1.807, 2.05) is 29.1 Å². The molecule has 1 saturated carbocycles. The lowest BCUT2D eigenvalue weighted by atomic mass is 10.0. The Bertz CT molecular complexity index is 622. The van der Waals surface area contributed by atoms with E-state index < -0.39 is 0 Å². The molecule has 2 atom stereocenters. The maximum atomic E-state index is 12.9. The Morgan fingerprint density at radius 3 is 2.74 bits per heavy atom. The highest BCUT2D eigenvalue weighted by molar-refractivity contribution is 5.89. The normalized spacial score (nSPS) is 28.5. The maximum absolute atomic E-state index is 12.9. The van der Waals surface area contributed by atoms with Gasteiger partial charge in [-0.15, -0.1) is 0 Å². The number of imidazole rings is 1. The lowest BCUT2D eigenvalue weighted by Crippen LogP contribution is -2.44. The molecule has 2 aliphatic heterocycles. The predicted octanol–water partition coefficient (Wildman–Crippen LogP) is 1.37. The summed E-state index contributed by atoms with van der Waals surface area (Å²) >= 11 is 0. The Morgan fingerprint density at radius 2 is 2.04 bits per heavy atom. The number of nitrogens with zero attached hydrogens (tertiary/aromatic N) is 4. The molecule has 0 bridgehead atoms. The first-order valence-electron chi connectivity index (χ1n) is 8.71. The Labute approximate surface area is 136 Å². The van der Waals surface area contributed by atoms with E-state index in [4.69, 9.17) is 0 Å². The molecule has 0 radical (unpaired) electrons. The summed E-state index contributed by atoms with van der Waals surface area (Å²) in [5.74, 6) is 1.21. The quantitative estimate of drug-likeness (QED) is 0.846. The number of carbonyl (C=O) groups is 2. The van der Waals surface area contributed by atoms with Crippen molar-refractivity contribution in [2.24, 2.45) is 5.92 Å². The van der Waals surface area contributed by atoms with E-state index in [9.17, 15) is 9.59 Å². The first-order chi connectivity index (χ1) is 11.1. The molecule has 6 nitrogen and oxygen atoms in total. The molecule has 3 heterocycles. The van der Waals surface area contributed by atoms with E-state index in [-0.39, 0.29) is 17.7 Å². The summed E-state index contributed by atoms with van der Waals surface area (Å²) in [7, 11) is 0. The van der Waals surface area contributed by atoms with Gasteiger partial charge in [-0.25, -0.2) is 4.98 Å². The van der Waals surface area contributed by atoms with Crippen molar-refractivity contribution in [1.82, 2.24) is 19.4 Å². The van der Waals surface area contributed by atoms with Crippen molar-refractivity contribution in [2.75, 3.05) is 19.6 Å². The molecule has 0 unspecified atom stereocenters. The Morgan fingerprint density at radius 1 is 1.22 bits per heavy atom. The van der Waals surface area contributed by atoms with Crippen LogP contribution in [0.3, 0.4) is 0 Å². The topological polar surface area (TPSA) is 58.4 Å². The minimum absolute atomic E-state index is 0.134. The minimum Gasteiger partial charge on any atom is -0.340 e. The van der Waals surface area contributed by atoms with Crippen LogP contribution in [0.4, 0.5) is 0 Å². The summed E-state index contributed by atoms with van der Waals surface area (Å²) in [5, 5.41) is 0. The van der Waals surface area contributed by atoms with Crippen LogP contribution in [-0.4, -0.2) is 56.8 Å². The van der Waals surface area contributed by atoms with Gasteiger partial charge in [0.2, 0.25) is 11.8 Å². The average molecular weight is 316 g/mol. The molecule has 0 spiro atoms. The van der Waals surface area contributed by atoms with Crippen molar-refractivity contribution in [1.29, 1.82) is 0 Å². The van der Waals surface area contributed by atoms with E-state index in [1.54, 1.807) is 0 Å². The molecule has 3 fully saturated rings. The fourth-order valence-corrected chi connectivity index (χ4v) is 4.05. The third kappa shape index (κ3) is 2.75. The summed E-state index contributed by atoms with van der Waals surface area (Å²) in [6.07, 6.45) is 8.54. The number of rotatable bonds is 3. The number of likely N-dealkylation sites (tertiary alicyclic amines) is 2. The fraction of sp³-hybridized carbons (Fsp3) is 0.706. The molecular weight excluding hydrogens is 292 g/mol. The second kappa shape index (κ2) is 5.65. The molecule has 0 N–H and O–H groups in total. The highest BCUT2D eigenvalue weighted by Crippen LogP contribution is 2.34. The van der Waals surface area contributed by atoms with Gasteiger partial charge in [0, 0.05) is 44.5 Å². The molecule has 124 valence electrons. The van der Waals surface area contributed by atoms with E-state index in [0.29, 0.717) is 25.0 Å². The van der Waals surface area contributed by atoms with Gasteiger partial charge in [-0.1, -0.05) is 0 Å². The molecule has 2 saturated heterocycles. The zero-order chi connectivity index (χ0) is 16.0. The number of hydrogen-bond donors (Lipinski definition) is 0. The van der Waals surface area contributed by atoms with Crippen LogP contribution in [-0.2, 0) is 9.59 Å². The summed E-state index contributed by atoms with van der Waals surface area (Å²) < 4.78 is 2.18.